The molecule has 43 heavy (non-hydrogen) atoms. The Bertz CT molecular complexity index is 1290. The quantitative estimate of drug-likeness (QED) is 0.258. The first kappa shape index (κ1) is 33.5. The lowest BCUT2D eigenvalue weighted by atomic mass is 9.96. The highest BCUT2D eigenvalue weighted by Gasteiger charge is 2.43. The third-order valence-electron chi connectivity index (χ3n) is 7.70. The number of nitrogens with zero attached hydrogens (tertiary/aromatic N) is 1. The summed E-state index contributed by atoms with van der Waals surface area (Å²) in [6, 6.07) is 7.41. The minimum absolute atomic E-state index is 0.0952. The van der Waals surface area contributed by atoms with Crippen LogP contribution in [0.4, 0.5) is 17.6 Å². The summed E-state index contributed by atoms with van der Waals surface area (Å²) in [5, 5.41) is 24.1. The number of hydrogen-bond acceptors (Lipinski definition) is 5. The summed E-state index contributed by atoms with van der Waals surface area (Å²) in [6.45, 7) is 3.17. The van der Waals surface area contributed by atoms with E-state index in [2.05, 4.69) is 10.6 Å². The number of aromatic carboxylic acids is 1. The molecule has 0 saturated carbocycles. The Morgan fingerprint density at radius 1 is 1.07 bits per heavy atom. The second-order valence-electron chi connectivity index (χ2n) is 10.6. The zero-order valence-electron chi connectivity index (χ0n) is 23.7. The zero-order chi connectivity index (χ0) is 31.8. The molecule has 1 aliphatic heterocycles. The normalized spacial score (nSPS) is 18.7. The number of carboxylic acids is 1. The van der Waals surface area contributed by atoms with E-state index >= 15 is 0 Å². The maximum atomic E-state index is 14.2. The molecule has 0 aromatic heterocycles. The molecule has 1 aliphatic rings. The lowest BCUT2D eigenvalue weighted by Gasteiger charge is -2.29. The van der Waals surface area contributed by atoms with Gasteiger partial charge in [0, 0.05) is 31.0 Å². The summed E-state index contributed by atoms with van der Waals surface area (Å²) >= 11 is 0. The third kappa shape index (κ3) is 8.53. The van der Waals surface area contributed by atoms with E-state index in [0.29, 0.717) is 18.6 Å². The second kappa shape index (κ2) is 14.9. The molecule has 3 amide bonds. The SMILES string of the molecule is CCC(C)[C@@H](O)C(=O)N1C[C@H](c2ccccc2)CC1C(=O)N[C@@H](CC(F)F)C(=O)NCCc1c(F)cc(C(=O)O)cc1F. The molecule has 0 bridgehead atoms. The van der Waals surface area contributed by atoms with Gasteiger partial charge in [0.25, 0.3) is 5.91 Å². The minimum atomic E-state index is -3.00. The largest absolute Gasteiger partial charge is 0.478 e. The van der Waals surface area contributed by atoms with Gasteiger partial charge in [0.05, 0.1) is 5.56 Å². The van der Waals surface area contributed by atoms with Crippen LogP contribution in [-0.4, -0.2) is 76.5 Å². The number of carbonyl (C=O) groups is 4. The predicted octanol–water partition coefficient (Wildman–Crippen LogP) is 3.25. The van der Waals surface area contributed by atoms with Gasteiger partial charge in [-0.05, 0) is 36.5 Å². The van der Waals surface area contributed by atoms with Crippen LogP contribution in [0.3, 0.4) is 0 Å². The van der Waals surface area contributed by atoms with Gasteiger partial charge in [-0.25, -0.2) is 22.4 Å². The Morgan fingerprint density at radius 3 is 2.26 bits per heavy atom. The van der Waals surface area contributed by atoms with Gasteiger partial charge >= 0.3 is 5.97 Å². The number of likely N-dealkylation sites (tertiary alicyclic amines) is 1. The number of carbonyl (C=O) groups excluding carboxylic acids is 3. The average molecular weight is 610 g/mol. The number of aliphatic hydroxyl groups is 1. The maximum absolute atomic E-state index is 14.2. The van der Waals surface area contributed by atoms with Crippen LogP contribution < -0.4 is 10.6 Å². The van der Waals surface area contributed by atoms with Gasteiger partial charge in [-0.1, -0.05) is 50.6 Å². The van der Waals surface area contributed by atoms with Crippen molar-refractivity contribution in [3.05, 3.63) is 70.8 Å². The molecule has 0 spiro atoms. The van der Waals surface area contributed by atoms with Gasteiger partial charge in [0.15, 0.2) is 0 Å². The molecule has 4 N–H and O–H groups in total. The Balaban J connectivity index is 1.74. The smallest absolute Gasteiger partial charge is 0.335 e. The highest BCUT2D eigenvalue weighted by atomic mass is 19.3. The number of aliphatic hydroxyl groups excluding tert-OH is 1. The van der Waals surface area contributed by atoms with Crippen molar-refractivity contribution in [3.63, 3.8) is 0 Å². The topological polar surface area (TPSA) is 136 Å². The van der Waals surface area contributed by atoms with E-state index < -0.39 is 96.4 Å². The van der Waals surface area contributed by atoms with Crippen molar-refractivity contribution in [1.82, 2.24) is 15.5 Å². The summed E-state index contributed by atoms with van der Waals surface area (Å²) in [4.78, 5) is 51.6. The van der Waals surface area contributed by atoms with Crippen LogP contribution in [0.5, 0.6) is 0 Å². The summed E-state index contributed by atoms with van der Waals surface area (Å²) in [6.07, 6.45) is -5.25. The Morgan fingerprint density at radius 2 is 1.70 bits per heavy atom. The number of alkyl halides is 2. The Hall–Kier alpha value is -4.00. The lowest BCUT2D eigenvalue weighted by Crippen LogP contribution is -2.55. The molecule has 1 heterocycles. The molecule has 13 heteroatoms. The third-order valence-corrected chi connectivity index (χ3v) is 7.70. The summed E-state index contributed by atoms with van der Waals surface area (Å²) in [5.41, 5.74) is -0.272. The van der Waals surface area contributed by atoms with Crippen molar-refractivity contribution in [2.45, 2.75) is 70.1 Å². The van der Waals surface area contributed by atoms with Crippen LogP contribution in [0.1, 0.15) is 60.5 Å². The standard InChI is InChI=1S/C30H35F4N3O6/c1-3-16(2)26(38)29(41)37-15-19(17-7-5-4-6-8-17)13-24(37)28(40)36-23(14-25(33)34)27(39)35-10-9-20-21(31)11-18(30(42)43)12-22(20)32/h4-8,11-12,16,19,23-26,38H,3,9-10,13-15H2,1-2H3,(H,35,39)(H,36,40)(H,42,43)/t16?,19-,23+,24?,26-/m1/s1. The molecule has 3 rings (SSSR count). The van der Waals surface area contributed by atoms with E-state index in [0.717, 1.165) is 5.56 Å². The van der Waals surface area contributed by atoms with Crippen LogP contribution in [0.25, 0.3) is 0 Å². The van der Waals surface area contributed by atoms with Gasteiger partial charge in [-0.15, -0.1) is 0 Å². The minimum Gasteiger partial charge on any atom is -0.478 e. The number of hydrogen-bond donors (Lipinski definition) is 4. The molecular formula is C30H35F4N3O6. The van der Waals surface area contributed by atoms with Crippen molar-refractivity contribution < 1.29 is 47.0 Å². The fourth-order valence-electron chi connectivity index (χ4n) is 5.01. The van der Waals surface area contributed by atoms with E-state index in [9.17, 15) is 41.8 Å². The molecule has 1 fully saturated rings. The number of carboxylic acid groups (broad SMARTS) is 1. The first-order valence-corrected chi connectivity index (χ1v) is 13.9. The van der Waals surface area contributed by atoms with E-state index in [1.54, 1.807) is 32.0 Å². The summed E-state index contributed by atoms with van der Waals surface area (Å²) in [7, 11) is 0. The number of rotatable bonds is 13. The molecule has 9 nitrogen and oxygen atoms in total. The molecule has 0 radical (unpaired) electrons. The maximum Gasteiger partial charge on any atom is 0.335 e. The molecule has 2 unspecified atom stereocenters. The van der Waals surface area contributed by atoms with Gasteiger partial charge in [0.2, 0.25) is 18.2 Å². The molecule has 2 aromatic carbocycles. The van der Waals surface area contributed by atoms with E-state index in [1.165, 1.54) is 4.90 Å². The monoisotopic (exact) mass is 609 g/mol. The first-order chi connectivity index (χ1) is 20.3. The van der Waals surface area contributed by atoms with Gasteiger partial charge in [-0.3, -0.25) is 14.4 Å². The van der Waals surface area contributed by atoms with Crippen LogP contribution in [-0.2, 0) is 20.8 Å². The van der Waals surface area contributed by atoms with Crippen LogP contribution in [0.2, 0.25) is 0 Å². The highest BCUT2D eigenvalue weighted by molar-refractivity contribution is 5.93. The number of amides is 3. The first-order valence-electron chi connectivity index (χ1n) is 13.9. The van der Waals surface area contributed by atoms with E-state index in [1.807, 2.05) is 12.1 Å². The second-order valence-corrected chi connectivity index (χ2v) is 10.6. The van der Waals surface area contributed by atoms with Crippen molar-refractivity contribution in [2.24, 2.45) is 5.92 Å². The zero-order valence-corrected chi connectivity index (χ0v) is 23.7. The van der Waals surface area contributed by atoms with Crippen molar-refractivity contribution in [3.8, 4) is 0 Å². The number of nitrogens with one attached hydrogen (secondary N) is 2. The van der Waals surface area contributed by atoms with Crippen LogP contribution in [0.15, 0.2) is 42.5 Å². The summed E-state index contributed by atoms with van der Waals surface area (Å²) in [5.74, 6) is -7.10. The number of halogens is 4. The number of benzene rings is 2. The lowest BCUT2D eigenvalue weighted by molar-refractivity contribution is -0.147. The van der Waals surface area contributed by atoms with Crippen LogP contribution in [0, 0.1) is 17.6 Å². The van der Waals surface area contributed by atoms with Crippen molar-refractivity contribution in [2.75, 3.05) is 13.1 Å². The fourth-order valence-corrected chi connectivity index (χ4v) is 5.01. The predicted molar refractivity (Wildman–Crippen MR) is 147 cm³/mol. The Labute approximate surface area is 246 Å². The van der Waals surface area contributed by atoms with E-state index in [4.69, 9.17) is 5.11 Å². The molecule has 5 atom stereocenters. The molecule has 1 saturated heterocycles. The molecule has 234 valence electrons. The average Bonchev–Trinajstić information content (AvgIpc) is 3.42. The highest BCUT2D eigenvalue weighted by Crippen LogP contribution is 2.33. The molecule has 0 aliphatic carbocycles. The van der Waals surface area contributed by atoms with Gasteiger partial charge < -0.3 is 25.7 Å². The van der Waals surface area contributed by atoms with Gasteiger partial charge in [0.1, 0.15) is 29.8 Å². The van der Waals surface area contributed by atoms with Crippen molar-refractivity contribution >= 4 is 23.7 Å². The fraction of sp³-hybridized carbons (Fsp3) is 0.467. The molecule has 2 aromatic rings. The van der Waals surface area contributed by atoms with E-state index in [-0.39, 0.29) is 18.9 Å². The van der Waals surface area contributed by atoms with Gasteiger partial charge in [-0.2, -0.15) is 0 Å². The molecular weight excluding hydrogens is 574 g/mol. The summed E-state index contributed by atoms with van der Waals surface area (Å²) < 4.78 is 55.3. The Kier molecular flexibility index (Phi) is 11.6. The van der Waals surface area contributed by atoms with Crippen LogP contribution >= 0.6 is 0 Å². The van der Waals surface area contributed by atoms with Crippen molar-refractivity contribution in [1.29, 1.82) is 0 Å².